The number of phenolic OH excluding ortho intramolecular Hbond substituents is 1. The summed E-state index contributed by atoms with van der Waals surface area (Å²) in [6.07, 6.45) is -0.364. The smallest absolute Gasteiger partial charge is 0.207 e. The Morgan fingerprint density at radius 3 is 2.43 bits per heavy atom. The lowest BCUT2D eigenvalue weighted by Crippen LogP contribution is -2.79. The minimum atomic E-state index is -3.08. The second-order valence-corrected chi connectivity index (χ2v) is 8.14. The number of benzene rings is 1. The van der Waals surface area contributed by atoms with Gasteiger partial charge in [0.05, 0.1) is 11.2 Å². The van der Waals surface area contributed by atoms with Crippen LogP contribution in [0.15, 0.2) is 30.4 Å². The molecule has 2 fully saturated rings. The number of ether oxygens (including phenoxy) is 1. The summed E-state index contributed by atoms with van der Waals surface area (Å²) in [7, 11) is 0. The number of phenols is 1. The second-order valence-electron chi connectivity index (χ2n) is 8.14. The van der Waals surface area contributed by atoms with E-state index < -0.39 is 62.8 Å². The highest BCUT2D eigenvalue weighted by Gasteiger charge is 2.94. The van der Waals surface area contributed by atoms with Gasteiger partial charge >= 0.3 is 0 Å². The van der Waals surface area contributed by atoms with Crippen molar-refractivity contribution in [2.75, 3.05) is 0 Å². The minimum Gasteiger partial charge on any atom is -0.507 e. The van der Waals surface area contributed by atoms with Crippen molar-refractivity contribution in [3.8, 4) is 5.75 Å². The van der Waals surface area contributed by atoms with Crippen LogP contribution in [-0.4, -0.2) is 77.0 Å². The molecule has 1 heterocycles. The van der Waals surface area contributed by atoms with E-state index in [1.54, 1.807) is 0 Å². The average molecular weight is 388 g/mol. The lowest BCUT2D eigenvalue weighted by molar-refractivity contribution is -0.172. The van der Waals surface area contributed by atoms with Crippen LogP contribution in [0.2, 0.25) is 0 Å². The second kappa shape index (κ2) is 4.42. The standard InChI is InChI=1S/C19H16O9/c1-15(25)7-16-5-6-17(26)12(22)10-8(3-2-4-9(10)20)11(21)18(17,27)19(16,28-16)14(24)13(15)23/h2-6,13,20,23,25-27H,7H2,1H3/t13-,15+,16+,17+,18-,19-/m1/s1. The van der Waals surface area contributed by atoms with E-state index in [1.165, 1.54) is 19.1 Å². The van der Waals surface area contributed by atoms with Crippen LogP contribution in [0.4, 0.5) is 0 Å². The van der Waals surface area contributed by atoms with Crippen LogP contribution in [-0.2, 0) is 9.53 Å². The van der Waals surface area contributed by atoms with Crippen LogP contribution >= 0.6 is 0 Å². The highest BCUT2D eigenvalue weighted by Crippen LogP contribution is 2.69. The number of hydrogen-bond acceptors (Lipinski definition) is 9. The number of epoxide rings is 1. The van der Waals surface area contributed by atoms with Crippen molar-refractivity contribution in [1.29, 1.82) is 0 Å². The lowest BCUT2D eigenvalue weighted by atomic mass is 9.51. The van der Waals surface area contributed by atoms with E-state index in [0.29, 0.717) is 0 Å². The normalized spacial score (nSPS) is 48.5. The number of rotatable bonds is 0. The lowest BCUT2D eigenvalue weighted by Gasteiger charge is -2.51. The van der Waals surface area contributed by atoms with Crippen LogP contribution < -0.4 is 0 Å². The van der Waals surface area contributed by atoms with E-state index in [0.717, 1.165) is 18.2 Å². The molecule has 3 aliphatic carbocycles. The van der Waals surface area contributed by atoms with Crippen molar-refractivity contribution < 1.29 is 44.7 Å². The number of aromatic hydroxyl groups is 1. The Labute approximate surface area is 157 Å². The summed E-state index contributed by atoms with van der Waals surface area (Å²) in [5, 5.41) is 53.3. The molecule has 4 aliphatic rings. The third kappa shape index (κ3) is 1.43. The Balaban J connectivity index is 1.83. The Morgan fingerprint density at radius 2 is 1.75 bits per heavy atom. The molecule has 146 valence electrons. The predicted octanol–water partition coefficient (Wildman–Crippen LogP) is -1.60. The van der Waals surface area contributed by atoms with Crippen molar-refractivity contribution in [1.82, 2.24) is 0 Å². The molecule has 5 N–H and O–H groups in total. The zero-order valence-electron chi connectivity index (χ0n) is 14.5. The third-order valence-corrected chi connectivity index (χ3v) is 6.54. The Kier molecular flexibility index (Phi) is 2.79. The van der Waals surface area contributed by atoms with Gasteiger partial charge in [-0.15, -0.1) is 0 Å². The quantitative estimate of drug-likeness (QED) is 0.260. The molecule has 1 saturated heterocycles. The SMILES string of the molecule is C[C@]1(O)C[C@@]23C=C[C@]4(O)C(=O)c5c(O)cccc5C(=O)[C@]4(O)[C@@]2(O3)C(=O)[C@H]1O. The molecule has 0 radical (unpaired) electrons. The predicted molar refractivity (Wildman–Crippen MR) is 88.6 cm³/mol. The molecule has 0 bridgehead atoms. The summed E-state index contributed by atoms with van der Waals surface area (Å²) in [4.78, 5) is 39.3. The number of Topliss-reactive ketones (excluding diaryl/α,β-unsaturated/α-hetero) is 3. The monoisotopic (exact) mass is 388 g/mol. The van der Waals surface area contributed by atoms with Gasteiger partial charge in [-0.3, -0.25) is 14.4 Å². The molecule has 1 aliphatic heterocycles. The van der Waals surface area contributed by atoms with Gasteiger partial charge in [0.15, 0.2) is 5.60 Å². The maximum absolute atomic E-state index is 13.3. The fourth-order valence-electron chi connectivity index (χ4n) is 5.11. The first kappa shape index (κ1) is 17.7. The molecule has 1 aromatic carbocycles. The molecule has 1 saturated carbocycles. The first-order valence-electron chi connectivity index (χ1n) is 8.61. The summed E-state index contributed by atoms with van der Waals surface area (Å²) in [6.45, 7) is 1.20. The van der Waals surface area contributed by atoms with Crippen LogP contribution in [0.5, 0.6) is 5.75 Å². The van der Waals surface area contributed by atoms with E-state index in [-0.39, 0.29) is 12.0 Å². The highest BCUT2D eigenvalue weighted by atomic mass is 16.7. The van der Waals surface area contributed by atoms with Crippen molar-refractivity contribution >= 4 is 17.3 Å². The zero-order chi connectivity index (χ0) is 20.5. The van der Waals surface area contributed by atoms with Crippen molar-refractivity contribution in [2.24, 2.45) is 0 Å². The topological polar surface area (TPSA) is 165 Å². The van der Waals surface area contributed by atoms with E-state index in [4.69, 9.17) is 4.74 Å². The van der Waals surface area contributed by atoms with Crippen LogP contribution in [0.1, 0.15) is 34.1 Å². The van der Waals surface area contributed by atoms with Gasteiger partial charge in [-0.2, -0.15) is 0 Å². The molecule has 6 atom stereocenters. The molecule has 0 aromatic heterocycles. The molecular formula is C19H16O9. The molecule has 5 rings (SSSR count). The van der Waals surface area contributed by atoms with E-state index in [9.17, 15) is 39.9 Å². The van der Waals surface area contributed by atoms with Gasteiger partial charge in [-0.1, -0.05) is 12.1 Å². The first-order chi connectivity index (χ1) is 12.9. The number of aliphatic hydroxyl groups excluding tert-OH is 1. The maximum Gasteiger partial charge on any atom is 0.207 e. The van der Waals surface area contributed by atoms with E-state index in [2.05, 4.69) is 0 Å². The van der Waals surface area contributed by atoms with Crippen molar-refractivity contribution in [2.45, 2.75) is 47.5 Å². The Morgan fingerprint density at radius 1 is 1.07 bits per heavy atom. The maximum atomic E-state index is 13.3. The van der Waals surface area contributed by atoms with Gasteiger partial charge in [0, 0.05) is 12.0 Å². The number of ketones is 3. The van der Waals surface area contributed by atoms with Gasteiger partial charge in [-0.25, -0.2) is 0 Å². The molecule has 0 spiro atoms. The van der Waals surface area contributed by atoms with Crippen LogP contribution in [0.25, 0.3) is 0 Å². The van der Waals surface area contributed by atoms with Gasteiger partial charge in [0.25, 0.3) is 0 Å². The van der Waals surface area contributed by atoms with Gasteiger partial charge in [0.2, 0.25) is 28.6 Å². The van der Waals surface area contributed by atoms with Crippen LogP contribution in [0.3, 0.4) is 0 Å². The Bertz CT molecular complexity index is 1040. The summed E-state index contributed by atoms with van der Waals surface area (Å²) in [5.41, 5.74) is -12.9. The van der Waals surface area contributed by atoms with E-state index >= 15 is 0 Å². The molecule has 0 unspecified atom stereocenters. The zero-order valence-corrected chi connectivity index (χ0v) is 14.5. The van der Waals surface area contributed by atoms with Crippen LogP contribution in [0, 0.1) is 0 Å². The van der Waals surface area contributed by atoms with Gasteiger partial charge in [0.1, 0.15) is 17.5 Å². The summed E-state index contributed by atoms with van der Waals surface area (Å²) < 4.78 is 5.53. The number of aliphatic hydroxyl groups is 4. The number of carbonyl (C=O) groups excluding carboxylic acids is 3. The van der Waals surface area contributed by atoms with Crippen molar-refractivity contribution in [3.05, 3.63) is 41.5 Å². The molecular weight excluding hydrogens is 372 g/mol. The fraction of sp³-hybridized carbons (Fsp3) is 0.421. The summed E-state index contributed by atoms with van der Waals surface area (Å²) in [6, 6.07) is 3.59. The average Bonchev–Trinajstić information content (AvgIpc) is 3.31. The van der Waals surface area contributed by atoms with Gasteiger partial charge in [-0.05, 0) is 25.1 Å². The molecule has 1 aromatic rings. The Hall–Kier alpha value is -2.43. The third-order valence-electron chi connectivity index (χ3n) is 6.54. The molecule has 0 amide bonds. The highest BCUT2D eigenvalue weighted by molar-refractivity contribution is 6.27. The minimum absolute atomic E-state index is 0.351. The summed E-state index contributed by atoms with van der Waals surface area (Å²) in [5.74, 6) is -4.16. The molecule has 9 heteroatoms. The number of fused-ring (bicyclic) bond motifs is 2. The molecule has 28 heavy (non-hydrogen) atoms. The first-order valence-corrected chi connectivity index (χ1v) is 8.61. The summed E-state index contributed by atoms with van der Waals surface area (Å²) >= 11 is 0. The number of carbonyl (C=O) groups is 3. The number of hydrogen-bond donors (Lipinski definition) is 5. The fourth-order valence-corrected chi connectivity index (χ4v) is 5.11. The largest absolute Gasteiger partial charge is 0.507 e. The van der Waals surface area contributed by atoms with Gasteiger partial charge < -0.3 is 30.3 Å². The van der Waals surface area contributed by atoms with Crippen molar-refractivity contribution in [3.63, 3.8) is 0 Å². The van der Waals surface area contributed by atoms with E-state index in [1.807, 2.05) is 0 Å². The molecule has 9 nitrogen and oxygen atoms in total.